The van der Waals surface area contributed by atoms with Gasteiger partial charge in [-0.15, -0.1) is 0 Å². The van der Waals surface area contributed by atoms with Gasteiger partial charge in [0.2, 0.25) is 0 Å². The molecule has 13 heavy (non-hydrogen) atoms. The number of carboxylic acids is 1. The van der Waals surface area contributed by atoms with E-state index in [0.717, 1.165) is 5.56 Å². The van der Waals surface area contributed by atoms with Gasteiger partial charge >= 0.3 is 5.97 Å². The summed E-state index contributed by atoms with van der Waals surface area (Å²) in [4.78, 5) is 10.6. The van der Waals surface area contributed by atoms with Crippen molar-refractivity contribution in [2.24, 2.45) is 5.84 Å². The predicted octanol–water partition coefficient (Wildman–Crippen LogP) is 1.63. The molecular formula is C8H9ClN2O2. The van der Waals surface area contributed by atoms with Crippen LogP contribution in [0.4, 0.5) is 5.69 Å². The smallest absolute Gasteiger partial charge is 0.337 e. The Kier molecular flexibility index (Phi) is 2.75. The van der Waals surface area contributed by atoms with Crippen LogP contribution in [0.15, 0.2) is 12.1 Å². The highest BCUT2D eigenvalue weighted by Crippen LogP contribution is 2.23. The van der Waals surface area contributed by atoms with E-state index in [9.17, 15) is 4.79 Å². The lowest BCUT2D eigenvalue weighted by atomic mass is 10.1. The second-order valence-electron chi connectivity index (χ2n) is 2.60. The van der Waals surface area contributed by atoms with Gasteiger partial charge in [-0.25, -0.2) is 4.79 Å². The molecule has 0 aliphatic rings. The van der Waals surface area contributed by atoms with Crippen LogP contribution in [0.5, 0.6) is 0 Å². The minimum absolute atomic E-state index is 0.0419. The van der Waals surface area contributed by atoms with E-state index < -0.39 is 5.97 Å². The van der Waals surface area contributed by atoms with E-state index >= 15 is 0 Å². The third kappa shape index (κ3) is 1.91. The summed E-state index contributed by atoms with van der Waals surface area (Å²) in [7, 11) is 0. The number of hydrogen-bond donors (Lipinski definition) is 3. The SMILES string of the molecule is Cc1cc(Cl)c(C(=O)O)cc1NN. The largest absolute Gasteiger partial charge is 0.478 e. The number of aryl methyl sites for hydroxylation is 1. The van der Waals surface area contributed by atoms with E-state index in [1.807, 2.05) is 0 Å². The van der Waals surface area contributed by atoms with Crippen molar-refractivity contribution in [3.8, 4) is 0 Å². The second-order valence-corrected chi connectivity index (χ2v) is 3.00. The molecule has 0 aromatic heterocycles. The molecule has 0 fully saturated rings. The Bertz CT molecular complexity index is 352. The molecule has 0 aliphatic carbocycles. The number of halogens is 1. The van der Waals surface area contributed by atoms with Crippen molar-refractivity contribution < 1.29 is 9.90 Å². The monoisotopic (exact) mass is 200 g/mol. The molecule has 0 saturated heterocycles. The van der Waals surface area contributed by atoms with Gasteiger partial charge in [0.25, 0.3) is 0 Å². The normalized spacial score (nSPS) is 9.77. The maximum absolute atomic E-state index is 10.6. The summed E-state index contributed by atoms with van der Waals surface area (Å²) in [6, 6.07) is 2.96. The van der Waals surface area contributed by atoms with Crippen molar-refractivity contribution >= 4 is 23.3 Å². The van der Waals surface area contributed by atoms with Crippen molar-refractivity contribution in [2.75, 3.05) is 5.43 Å². The molecule has 0 unspecified atom stereocenters. The zero-order chi connectivity index (χ0) is 10.0. The van der Waals surface area contributed by atoms with Crippen molar-refractivity contribution in [3.63, 3.8) is 0 Å². The lowest BCUT2D eigenvalue weighted by Crippen LogP contribution is -2.10. The van der Waals surface area contributed by atoms with Crippen LogP contribution in [-0.2, 0) is 0 Å². The van der Waals surface area contributed by atoms with E-state index in [2.05, 4.69) is 5.43 Å². The fourth-order valence-corrected chi connectivity index (χ4v) is 1.29. The van der Waals surface area contributed by atoms with Gasteiger partial charge in [-0.05, 0) is 24.6 Å². The minimum Gasteiger partial charge on any atom is -0.478 e. The third-order valence-corrected chi connectivity index (χ3v) is 2.01. The van der Waals surface area contributed by atoms with Gasteiger partial charge in [0.05, 0.1) is 16.3 Å². The van der Waals surface area contributed by atoms with Crippen molar-refractivity contribution in [2.45, 2.75) is 6.92 Å². The van der Waals surface area contributed by atoms with Crippen LogP contribution in [0.2, 0.25) is 5.02 Å². The van der Waals surface area contributed by atoms with E-state index in [4.69, 9.17) is 22.6 Å². The number of carbonyl (C=O) groups is 1. The first-order chi connectivity index (χ1) is 6.06. The van der Waals surface area contributed by atoms with Gasteiger partial charge < -0.3 is 10.5 Å². The highest BCUT2D eigenvalue weighted by atomic mass is 35.5. The first-order valence-electron chi connectivity index (χ1n) is 3.56. The Hall–Kier alpha value is -1.26. The molecule has 4 N–H and O–H groups in total. The van der Waals surface area contributed by atoms with Crippen molar-refractivity contribution in [3.05, 3.63) is 28.3 Å². The Balaban J connectivity index is 3.30. The molecule has 0 aliphatic heterocycles. The molecule has 1 aromatic rings. The Morgan fingerprint density at radius 1 is 1.62 bits per heavy atom. The average Bonchev–Trinajstić information content (AvgIpc) is 2.03. The molecule has 0 heterocycles. The van der Waals surface area contributed by atoms with Crippen LogP contribution in [0.3, 0.4) is 0 Å². The Labute approximate surface area is 80.3 Å². The summed E-state index contributed by atoms with van der Waals surface area (Å²) in [6.45, 7) is 1.78. The number of hydrogen-bond acceptors (Lipinski definition) is 3. The van der Waals surface area contributed by atoms with Gasteiger partial charge in [-0.1, -0.05) is 11.6 Å². The Morgan fingerprint density at radius 2 is 2.23 bits per heavy atom. The molecule has 0 atom stereocenters. The molecule has 4 nitrogen and oxygen atoms in total. The molecular weight excluding hydrogens is 192 g/mol. The molecule has 0 saturated carbocycles. The minimum atomic E-state index is -1.07. The predicted molar refractivity (Wildman–Crippen MR) is 51.0 cm³/mol. The summed E-state index contributed by atoms with van der Waals surface area (Å²) in [6.07, 6.45) is 0. The van der Waals surface area contributed by atoms with E-state index in [1.54, 1.807) is 13.0 Å². The molecule has 5 heteroatoms. The van der Waals surface area contributed by atoms with Crippen LogP contribution >= 0.6 is 11.6 Å². The summed E-state index contributed by atoms with van der Waals surface area (Å²) in [5, 5.41) is 8.94. The molecule has 1 rings (SSSR count). The highest BCUT2D eigenvalue weighted by molar-refractivity contribution is 6.33. The number of benzene rings is 1. The van der Waals surface area contributed by atoms with E-state index in [1.165, 1.54) is 6.07 Å². The van der Waals surface area contributed by atoms with Gasteiger partial charge in [0, 0.05) is 0 Å². The van der Waals surface area contributed by atoms with Crippen LogP contribution in [0, 0.1) is 6.92 Å². The number of nitrogen functional groups attached to an aromatic ring is 1. The number of rotatable bonds is 2. The van der Waals surface area contributed by atoms with E-state index in [-0.39, 0.29) is 10.6 Å². The molecule has 70 valence electrons. The quantitative estimate of drug-likeness (QED) is 0.501. The zero-order valence-electron chi connectivity index (χ0n) is 6.97. The molecule has 0 bridgehead atoms. The zero-order valence-corrected chi connectivity index (χ0v) is 7.72. The second kappa shape index (κ2) is 3.64. The van der Waals surface area contributed by atoms with Gasteiger partial charge in [0.1, 0.15) is 0 Å². The molecule has 0 spiro atoms. The molecule has 0 radical (unpaired) electrons. The van der Waals surface area contributed by atoms with Gasteiger partial charge in [-0.3, -0.25) is 5.84 Å². The number of anilines is 1. The average molecular weight is 201 g/mol. The lowest BCUT2D eigenvalue weighted by molar-refractivity contribution is 0.0697. The van der Waals surface area contributed by atoms with Gasteiger partial charge in [0.15, 0.2) is 0 Å². The standard InChI is InChI=1S/C8H9ClN2O2/c1-4-2-6(9)5(8(12)13)3-7(4)11-10/h2-3,11H,10H2,1H3,(H,12,13). The summed E-state index contributed by atoms with van der Waals surface area (Å²) in [5.74, 6) is 4.12. The van der Waals surface area contributed by atoms with Crippen LogP contribution < -0.4 is 11.3 Å². The highest BCUT2D eigenvalue weighted by Gasteiger charge is 2.10. The van der Waals surface area contributed by atoms with Crippen LogP contribution in [-0.4, -0.2) is 11.1 Å². The van der Waals surface area contributed by atoms with Gasteiger partial charge in [-0.2, -0.15) is 0 Å². The number of aromatic carboxylic acids is 1. The first kappa shape index (κ1) is 9.83. The number of carboxylic acid groups (broad SMARTS) is 1. The van der Waals surface area contributed by atoms with E-state index in [0.29, 0.717) is 5.69 Å². The fraction of sp³-hybridized carbons (Fsp3) is 0.125. The molecule has 1 aromatic carbocycles. The van der Waals surface area contributed by atoms with Crippen molar-refractivity contribution in [1.82, 2.24) is 0 Å². The lowest BCUT2D eigenvalue weighted by Gasteiger charge is -2.07. The number of nitrogens with one attached hydrogen (secondary N) is 1. The first-order valence-corrected chi connectivity index (χ1v) is 3.94. The maximum atomic E-state index is 10.6. The van der Waals surface area contributed by atoms with Crippen LogP contribution in [0.25, 0.3) is 0 Å². The summed E-state index contributed by atoms with van der Waals surface area (Å²) in [5.41, 5.74) is 3.80. The van der Waals surface area contributed by atoms with Crippen molar-refractivity contribution in [1.29, 1.82) is 0 Å². The number of hydrazine groups is 1. The van der Waals surface area contributed by atoms with Crippen LogP contribution in [0.1, 0.15) is 15.9 Å². The third-order valence-electron chi connectivity index (χ3n) is 1.70. The molecule has 0 amide bonds. The Morgan fingerprint density at radius 3 is 2.69 bits per heavy atom. The fourth-order valence-electron chi connectivity index (χ4n) is 0.992. The number of nitrogens with two attached hydrogens (primary N) is 1. The summed E-state index contributed by atoms with van der Waals surface area (Å²) < 4.78 is 0. The maximum Gasteiger partial charge on any atom is 0.337 e. The topological polar surface area (TPSA) is 75.3 Å². The summed E-state index contributed by atoms with van der Waals surface area (Å²) >= 11 is 5.70.